The Hall–Kier alpha value is -0.830. The van der Waals surface area contributed by atoms with Gasteiger partial charge in [-0.3, -0.25) is 4.79 Å². The SMILES string of the molecule is CCC1CC[C@@]2(C)C(CC[C@@H]2[C@H](C)CCCC(C)C)C1C/C=C1\CCC[C@H](OC(C)(C)CC(C)(C)C(=O)O)C1. The Bertz CT molecular complexity index is 823. The van der Waals surface area contributed by atoms with Crippen LogP contribution in [0.2, 0.25) is 0 Å². The van der Waals surface area contributed by atoms with Crippen molar-refractivity contribution in [1.29, 1.82) is 0 Å². The minimum Gasteiger partial charge on any atom is -0.481 e. The number of carbonyl (C=O) groups is 1. The summed E-state index contributed by atoms with van der Waals surface area (Å²) in [6.45, 7) is 20.2. The number of ether oxygens (including phenoxy) is 1. The second-order valence-corrected chi connectivity index (χ2v) is 16.0. The molecule has 7 atom stereocenters. The van der Waals surface area contributed by atoms with Crippen LogP contribution in [0.5, 0.6) is 0 Å². The van der Waals surface area contributed by atoms with Gasteiger partial charge in [0.05, 0.1) is 17.1 Å². The summed E-state index contributed by atoms with van der Waals surface area (Å²) in [5.74, 6) is 4.46. The molecule has 3 heteroatoms. The van der Waals surface area contributed by atoms with Crippen molar-refractivity contribution >= 4 is 5.97 Å². The molecule has 0 aliphatic heterocycles. The van der Waals surface area contributed by atoms with E-state index < -0.39 is 17.0 Å². The highest BCUT2D eigenvalue weighted by Gasteiger charge is 2.54. The third kappa shape index (κ3) is 8.36. The van der Waals surface area contributed by atoms with Crippen LogP contribution in [0.4, 0.5) is 0 Å². The maximum atomic E-state index is 11.7. The average Bonchev–Trinajstić information content (AvgIpc) is 3.18. The number of carboxylic acids is 1. The summed E-state index contributed by atoms with van der Waals surface area (Å²) < 4.78 is 6.60. The van der Waals surface area contributed by atoms with Crippen LogP contribution in [0.25, 0.3) is 0 Å². The molecule has 3 nitrogen and oxygen atoms in total. The van der Waals surface area contributed by atoms with E-state index in [4.69, 9.17) is 4.74 Å². The number of fused-ring (bicyclic) bond motifs is 1. The fourth-order valence-corrected chi connectivity index (χ4v) is 9.53. The van der Waals surface area contributed by atoms with Crippen LogP contribution in [-0.2, 0) is 9.53 Å². The standard InChI is InChI=1S/C36H64O3/c1-10-28-21-22-36(9)31(26(4)14-11-13-25(2)3)19-20-32(36)30(28)18-17-27-15-12-16-29(23-27)39-35(7,8)24-34(5,6)33(37)38/h17,25-26,28-32H,10-16,18-24H2,1-9H3,(H,37,38)/b27-17+/t26-,28?,29+,30?,31-,32?,36-/m1/s1. The summed E-state index contributed by atoms with van der Waals surface area (Å²) in [5.41, 5.74) is 0.923. The van der Waals surface area contributed by atoms with Crippen molar-refractivity contribution in [1.82, 2.24) is 0 Å². The van der Waals surface area contributed by atoms with E-state index in [9.17, 15) is 9.90 Å². The summed E-state index contributed by atoms with van der Waals surface area (Å²) in [6, 6.07) is 0. The third-order valence-electron chi connectivity index (χ3n) is 11.4. The molecule has 0 radical (unpaired) electrons. The highest BCUT2D eigenvalue weighted by atomic mass is 16.5. The molecule has 0 aromatic carbocycles. The van der Waals surface area contributed by atoms with E-state index in [1.54, 1.807) is 5.57 Å². The van der Waals surface area contributed by atoms with E-state index >= 15 is 0 Å². The Balaban J connectivity index is 1.64. The molecule has 0 aromatic heterocycles. The van der Waals surface area contributed by atoms with Gasteiger partial charge in [-0.25, -0.2) is 0 Å². The Morgan fingerprint density at radius 1 is 1.10 bits per heavy atom. The van der Waals surface area contributed by atoms with Crippen LogP contribution in [0.15, 0.2) is 11.6 Å². The molecule has 0 heterocycles. The molecule has 0 spiro atoms. The highest BCUT2D eigenvalue weighted by Crippen LogP contribution is 2.62. The van der Waals surface area contributed by atoms with Crippen LogP contribution in [0.3, 0.4) is 0 Å². The first-order valence-electron chi connectivity index (χ1n) is 16.8. The van der Waals surface area contributed by atoms with Gasteiger partial charge in [-0.15, -0.1) is 0 Å². The molecule has 226 valence electrons. The van der Waals surface area contributed by atoms with E-state index in [1.807, 2.05) is 13.8 Å². The monoisotopic (exact) mass is 544 g/mol. The first-order valence-corrected chi connectivity index (χ1v) is 16.8. The van der Waals surface area contributed by atoms with Gasteiger partial charge in [0.2, 0.25) is 0 Å². The van der Waals surface area contributed by atoms with Crippen molar-refractivity contribution in [3.63, 3.8) is 0 Å². The largest absolute Gasteiger partial charge is 0.481 e. The molecular weight excluding hydrogens is 480 g/mol. The van der Waals surface area contributed by atoms with Crippen LogP contribution in [0.1, 0.15) is 152 Å². The molecule has 0 bridgehead atoms. The molecule has 3 aliphatic carbocycles. The van der Waals surface area contributed by atoms with Crippen molar-refractivity contribution in [2.45, 2.75) is 164 Å². The Morgan fingerprint density at radius 2 is 1.82 bits per heavy atom. The molecule has 39 heavy (non-hydrogen) atoms. The molecule has 0 aromatic rings. The predicted molar refractivity (Wildman–Crippen MR) is 165 cm³/mol. The average molecular weight is 545 g/mol. The first-order chi connectivity index (χ1) is 18.2. The van der Waals surface area contributed by atoms with Crippen LogP contribution in [-0.4, -0.2) is 22.8 Å². The lowest BCUT2D eigenvalue weighted by molar-refractivity contribution is -0.154. The smallest absolute Gasteiger partial charge is 0.309 e. The van der Waals surface area contributed by atoms with E-state index in [0.717, 1.165) is 48.3 Å². The maximum Gasteiger partial charge on any atom is 0.309 e. The lowest BCUT2D eigenvalue weighted by Crippen LogP contribution is -2.42. The number of allylic oxidation sites excluding steroid dienone is 1. The molecule has 0 amide bonds. The number of hydrogen-bond donors (Lipinski definition) is 1. The van der Waals surface area contributed by atoms with Gasteiger partial charge in [0.15, 0.2) is 0 Å². The van der Waals surface area contributed by atoms with Gasteiger partial charge in [0.25, 0.3) is 0 Å². The fraction of sp³-hybridized carbons (Fsp3) is 0.917. The van der Waals surface area contributed by atoms with Gasteiger partial charge in [-0.2, -0.15) is 0 Å². The molecule has 3 rings (SSSR count). The molecule has 3 saturated carbocycles. The van der Waals surface area contributed by atoms with Gasteiger partial charge in [-0.1, -0.05) is 72.0 Å². The van der Waals surface area contributed by atoms with Crippen molar-refractivity contribution in [3.8, 4) is 0 Å². The third-order valence-corrected chi connectivity index (χ3v) is 11.4. The minimum atomic E-state index is -0.773. The topological polar surface area (TPSA) is 46.5 Å². The van der Waals surface area contributed by atoms with Crippen LogP contribution in [0, 0.1) is 46.3 Å². The lowest BCUT2D eigenvalue weighted by Gasteiger charge is -2.50. The molecular formula is C36H64O3. The number of rotatable bonds is 13. The van der Waals surface area contributed by atoms with Gasteiger partial charge < -0.3 is 9.84 Å². The highest BCUT2D eigenvalue weighted by molar-refractivity contribution is 5.73. The molecule has 0 saturated heterocycles. The normalized spacial score (nSPS) is 33.9. The van der Waals surface area contributed by atoms with Crippen LogP contribution < -0.4 is 0 Å². The summed E-state index contributed by atoms with van der Waals surface area (Å²) in [5, 5.41) is 9.61. The Kier molecular flexibility index (Phi) is 11.3. The summed E-state index contributed by atoms with van der Waals surface area (Å²) >= 11 is 0. The van der Waals surface area contributed by atoms with E-state index in [1.165, 1.54) is 70.6 Å². The number of carboxylic acid groups (broad SMARTS) is 1. The predicted octanol–water partition coefficient (Wildman–Crippen LogP) is 10.5. The van der Waals surface area contributed by atoms with Gasteiger partial charge in [0, 0.05) is 0 Å². The fourth-order valence-electron chi connectivity index (χ4n) is 9.53. The Labute approximate surface area is 242 Å². The zero-order valence-corrected chi connectivity index (χ0v) is 27.3. The van der Waals surface area contributed by atoms with Gasteiger partial charge in [-0.05, 0) is 133 Å². The lowest BCUT2D eigenvalue weighted by atomic mass is 9.55. The summed E-state index contributed by atoms with van der Waals surface area (Å²) in [6.07, 6.45) is 20.4. The van der Waals surface area contributed by atoms with Gasteiger partial charge in [0.1, 0.15) is 0 Å². The second kappa shape index (κ2) is 13.4. The summed E-state index contributed by atoms with van der Waals surface area (Å²) in [4.78, 5) is 11.7. The second-order valence-electron chi connectivity index (χ2n) is 16.0. The number of hydrogen-bond acceptors (Lipinski definition) is 2. The maximum absolute atomic E-state index is 11.7. The molecule has 3 aliphatic rings. The van der Waals surface area contributed by atoms with E-state index in [0.29, 0.717) is 11.8 Å². The zero-order valence-electron chi connectivity index (χ0n) is 27.3. The van der Waals surface area contributed by atoms with Crippen molar-refractivity contribution in [3.05, 3.63) is 11.6 Å². The Morgan fingerprint density at radius 3 is 2.46 bits per heavy atom. The zero-order chi connectivity index (χ0) is 29.0. The molecule has 3 fully saturated rings. The van der Waals surface area contributed by atoms with E-state index in [-0.39, 0.29) is 6.10 Å². The number of aliphatic carboxylic acids is 1. The van der Waals surface area contributed by atoms with E-state index in [2.05, 4.69) is 54.5 Å². The quantitative estimate of drug-likeness (QED) is 0.235. The van der Waals surface area contributed by atoms with Crippen molar-refractivity contribution < 1.29 is 14.6 Å². The van der Waals surface area contributed by atoms with Crippen molar-refractivity contribution in [2.24, 2.45) is 46.3 Å². The minimum absolute atomic E-state index is 0.214. The van der Waals surface area contributed by atoms with Crippen molar-refractivity contribution in [2.75, 3.05) is 0 Å². The van der Waals surface area contributed by atoms with Crippen LogP contribution >= 0.6 is 0 Å². The molecule has 1 N–H and O–H groups in total. The summed E-state index contributed by atoms with van der Waals surface area (Å²) in [7, 11) is 0. The van der Waals surface area contributed by atoms with Gasteiger partial charge >= 0.3 is 5.97 Å². The molecule has 3 unspecified atom stereocenters. The first kappa shape index (κ1) is 32.7.